The van der Waals surface area contributed by atoms with Gasteiger partial charge in [-0.2, -0.15) is 0 Å². The summed E-state index contributed by atoms with van der Waals surface area (Å²) in [4.78, 5) is 15.6. The van der Waals surface area contributed by atoms with Crippen LogP contribution in [0.3, 0.4) is 0 Å². The first-order valence-corrected chi connectivity index (χ1v) is 16.5. The van der Waals surface area contributed by atoms with E-state index in [4.69, 9.17) is 19.4 Å². The standard InChI is InChI=1S/C42H25N3OS/c1-24-16-20-29-30-21-19-27(23-36(30)46-35(29)22-24)40-43-41(33-13-6-9-26-18-17-25-8-2-3-10-28(25)38(26)33)45-42(44-40)34-14-7-12-32-31-11-4-5-15-37(31)47-39(32)34/h2-23H,1H3. The van der Waals surface area contributed by atoms with Crippen LogP contribution in [0.1, 0.15) is 5.56 Å². The van der Waals surface area contributed by atoms with Crippen LogP contribution in [-0.2, 0) is 0 Å². The van der Waals surface area contributed by atoms with Crippen molar-refractivity contribution in [2.75, 3.05) is 0 Å². The van der Waals surface area contributed by atoms with Crippen molar-refractivity contribution in [2.24, 2.45) is 0 Å². The molecule has 7 aromatic carbocycles. The van der Waals surface area contributed by atoms with Crippen molar-refractivity contribution >= 4 is 75.0 Å². The zero-order valence-electron chi connectivity index (χ0n) is 25.4. The second kappa shape index (κ2) is 10.0. The second-order valence-corrected chi connectivity index (χ2v) is 13.1. The summed E-state index contributed by atoms with van der Waals surface area (Å²) in [5, 5.41) is 9.28. The van der Waals surface area contributed by atoms with E-state index in [0.717, 1.165) is 49.4 Å². The average Bonchev–Trinajstić information content (AvgIpc) is 3.68. The minimum absolute atomic E-state index is 0.610. The fourth-order valence-electron chi connectivity index (χ4n) is 6.94. The number of furan rings is 1. The van der Waals surface area contributed by atoms with Crippen LogP contribution in [-0.4, -0.2) is 15.0 Å². The summed E-state index contributed by atoms with van der Waals surface area (Å²) >= 11 is 1.78. The fraction of sp³-hybridized carbons (Fsp3) is 0.0238. The highest BCUT2D eigenvalue weighted by molar-refractivity contribution is 7.26. The van der Waals surface area contributed by atoms with Crippen LogP contribution in [0.25, 0.3) is 97.8 Å². The molecule has 0 saturated carbocycles. The summed E-state index contributed by atoms with van der Waals surface area (Å²) in [5.41, 5.74) is 5.72. The van der Waals surface area contributed by atoms with E-state index in [1.807, 2.05) is 0 Å². The van der Waals surface area contributed by atoms with Crippen LogP contribution in [0.15, 0.2) is 138 Å². The zero-order chi connectivity index (χ0) is 31.1. The van der Waals surface area contributed by atoms with E-state index in [-0.39, 0.29) is 0 Å². The quantitative estimate of drug-likeness (QED) is 0.185. The summed E-state index contributed by atoms with van der Waals surface area (Å²) in [6, 6.07) is 46.8. The molecule has 0 saturated heterocycles. The molecule has 0 aliphatic rings. The lowest BCUT2D eigenvalue weighted by atomic mass is 9.97. The monoisotopic (exact) mass is 619 g/mol. The maximum absolute atomic E-state index is 6.35. The number of thiophene rings is 1. The van der Waals surface area contributed by atoms with Crippen molar-refractivity contribution in [2.45, 2.75) is 6.92 Å². The summed E-state index contributed by atoms with van der Waals surface area (Å²) in [7, 11) is 0. The molecule has 0 N–H and O–H groups in total. The van der Waals surface area contributed by atoms with E-state index in [1.165, 1.54) is 36.5 Å². The Hall–Kier alpha value is -5.91. The second-order valence-electron chi connectivity index (χ2n) is 12.1. The lowest BCUT2D eigenvalue weighted by Gasteiger charge is -2.12. The maximum Gasteiger partial charge on any atom is 0.165 e. The molecule has 0 aliphatic heterocycles. The van der Waals surface area contributed by atoms with Gasteiger partial charge < -0.3 is 4.42 Å². The number of fused-ring (bicyclic) bond motifs is 9. The largest absolute Gasteiger partial charge is 0.456 e. The van der Waals surface area contributed by atoms with Gasteiger partial charge in [0.05, 0.1) is 0 Å². The Labute approximate surface area is 273 Å². The molecule has 10 rings (SSSR count). The fourth-order valence-corrected chi connectivity index (χ4v) is 8.15. The van der Waals surface area contributed by atoms with Gasteiger partial charge in [-0.3, -0.25) is 0 Å². The topological polar surface area (TPSA) is 51.8 Å². The SMILES string of the molecule is Cc1ccc2c(c1)oc1cc(-c3nc(-c4cccc5c4sc4ccccc45)nc(-c4cccc5ccc6ccccc6c45)n3)ccc12. The number of rotatable bonds is 3. The molecule has 4 nitrogen and oxygen atoms in total. The molecule has 47 heavy (non-hydrogen) atoms. The van der Waals surface area contributed by atoms with Gasteiger partial charge in [-0.15, -0.1) is 11.3 Å². The van der Waals surface area contributed by atoms with Crippen LogP contribution in [0, 0.1) is 6.92 Å². The molecule has 220 valence electrons. The molecule has 0 radical (unpaired) electrons. The highest BCUT2D eigenvalue weighted by Crippen LogP contribution is 2.41. The van der Waals surface area contributed by atoms with Crippen LogP contribution in [0.2, 0.25) is 0 Å². The van der Waals surface area contributed by atoms with Crippen LogP contribution < -0.4 is 0 Å². The molecule has 0 unspecified atom stereocenters. The van der Waals surface area contributed by atoms with Gasteiger partial charge in [0.2, 0.25) is 0 Å². The van der Waals surface area contributed by atoms with E-state index in [9.17, 15) is 0 Å². The molecule has 0 spiro atoms. The van der Waals surface area contributed by atoms with Crippen molar-refractivity contribution in [3.05, 3.63) is 139 Å². The van der Waals surface area contributed by atoms with Gasteiger partial charge in [-0.1, -0.05) is 103 Å². The Morgan fingerprint density at radius 1 is 0.489 bits per heavy atom. The highest BCUT2D eigenvalue weighted by Gasteiger charge is 2.19. The van der Waals surface area contributed by atoms with Crippen molar-refractivity contribution in [1.29, 1.82) is 0 Å². The van der Waals surface area contributed by atoms with E-state index in [0.29, 0.717) is 17.5 Å². The third-order valence-electron chi connectivity index (χ3n) is 9.18. The molecular weight excluding hydrogens is 595 g/mol. The summed E-state index contributed by atoms with van der Waals surface area (Å²) < 4.78 is 8.77. The van der Waals surface area contributed by atoms with Crippen molar-refractivity contribution in [3.8, 4) is 34.2 Å². The Morgan fingerprint density at radius 3 is 2.06 bits per heavy atom. The van der Waals surface area contributed by atoms with Crippen molar-refractivity contribution in [1.82, 2.24) is 15.0 Å². The maximum atomic E-state index is 6.35. The van der Waals surface area contributed by atoms with Gasteiger partial charge in [0.15, 0.2) is 17.5 Å². The molecule has 0 aliphatic carbocycles. The van der Waals surface area contributed by atoms with Crippen LogP contribution >= 0.6 is 11.3 Å². The minimum Gasteiger partial charge on any atom is -0.456 e. The van der Waals surface area contributed by atoms with Gasteiger partial charge >= 0.3 is 0 Å². The van der Waals surface area contributed by atoms with Gasteiger partial charge in [0.25, 0.3) is 0 Å². The molecule has 10 aromatic rings. The number of hydrogen-bond donors (Lipinski definition) is 0. The lowest BCUT2D eigenvalue weighted by Crippen LogP contribution is -2.01. The summed E-state index contributed by atoms with van der Waals surface area (Å²) in [6.45, 7) is 2.08. The third kappa shape index (κ3) is 4.10. The molecule has 3 aromatic heterocycles. The molecule has 0 amide bonds. The van der Waals surface area contributed by atoms with Crippen LogP contribution in [0.5, 0.6) is 0 Å². The number of benzene rings is 7. The summed E-state index contributed by atoms with van der Waals surface area (Å²) in [5.74, 6) is 1.91. The predicted octanol–water partition coefficient (Wildman–Crippen LogP) is 11.8. The molecule has 0 bridgehead atoms. The van der Waals surface area contributed by atoms with Gasteiger partial charge in [-0.25, -0.2) is 15.0 Å². The van der Waals surface area contributed by atoms with Gasteiger partial charge in [0, 0.05) is 53.0 Å². The Bertz CT molecular complexity index is 2880. The Kier molecular flexibility index (Phi) is 5.63. The molecular formula is C42H25N3OS. The number of aromatic nitrogens is 3. The smallest absolute Gasteiger partial charge is 0.165 e. The Balaban J connectivity index is 1.26. The molecule has 5 heteroatoms. The molecule has 3 heterocycles. The summed E-state index contributed by atoms with van der Waals surface area (Å²) in [6.07, 6.45) is 0. The number of nitrogens with zero attached hydrogens (tertiary/aromatic N) is 3. The van der Waals surface area contributed by atoms with E-state index in [1.54, 1.807) is 11.3 Å². The van der Waals surface area contributed by atoms with E-state index in [2.05, 4.69) is 140 Å². The lowest BCUT2D eigenvalue weighted by molar-refractivity contribution is 0.668. The van der Waals surface area contributed by atoms with Crippen LogP contribution in [0.4, 0.5) is 0 Å². The van der Waals surface area contributed by atoms with E-state index < -0.39 is 0 Å². The zero-order valence-corrected chi connectivity index (χ0v) is 26.2. The highest BCUT2D eigenvalue weighted by atomic mass is 32.1. The third-order valence-corrected chi connectivity index (χ3v) is 10.4. The van der Waals surface area contributed by atoms with Crippen molar-refractivity contribution < 1.29 is 4.42 Å². The first kappa shape index (κ1) is 26.3. The van der Waals surface area contributed by atoms with Gasteiger partial charge in [0.1, 0.15) is 11.2 Å². The predicted molar refractivity (Wildman–Crippen MR) is 196 cm³/mol. The number of aryl methyl sites for hydroxylation is 1. The number of hydrogen-bond acceptors (Lipinski definition) is 5. The molecule has 0 atom stereocenters. The normalized spacial score (nSPS) is 11.9. The van der Waals surface area contributed by atoms with Gasteiger partial charge in [-0.05, 0) is 59.0 Å². The Morgan fingerprint density at radius 2 is 1.15 bits per heavy atom. The first-order valence-electron chi connectivity index (χ1n) is 15.7. The van der Waals surface area contributed by atoms with E-state index >= 15 is 0 Å². The molecule has 0 fully saturated rings. The average molecular weight is 620 g/mol. The first-order chi connectivity index (χ1) is 23.2. The minimum atomic E-state index is 0.610. The van der Waals surface area contributed by atoms with Crippen molar-refractivity contribution in [3.63, 3.8) is 0 Å².